The Labute approximate surface area is 441 Å². The Morgan fingerprint density at radius 2 is 1.69 bits per heavy atom. The van der Waals surface area contributed by atoms with Gasteiger partial charge in [-0.15, -0.1) is 17.9 Å². The molecule has 2 fully saturated rings. The van der Waals surface area contributed by atoms with Crippen molar-refractivity contribution >= 4 is 57.4 Å². The molecule has 4 aromatic heterocycles. The van der Waals surface area contributed by atoms with Gasteiger partial charge in [0.1, 0.15) is 23.1 Å². The molecule has 0 radical (unpaired) electrons. The number of anilines is 3. The van der Waals surface area contributed by atoms with Gasteiger partial charge in [0.25, 0.3) is 5.56 Å². The van der Waals surface area contributed by atoms with E-state index in [1.807, 2.05) is 69.6 Å². The third-order valence-corrected chi connectivity index (χ3v) is 14.6. The van der Waals surface area contributed by atoms with Gasteiger partial charge in [0.05, 0.1) is 41.0 Å². The Morgan fingerprint density at radius 1 is 0.947 bits per heavy atom. The summed E-state index contributed by atoms with van der Waals surface area (Å²) in [4.78, 5) is 79.7. The molecule has 6 aromatic rings. The molecule has 0 saturated carbocycles. The highest BCUT2D eigenvalue weighted by atomic mass is 32.1. The highest BCUT2D eigenvalue weighted by Crippen LogP contribution is 2.29. The fraction of sp³-hybridized carbons (Fsp3) is 0.455. The number of benzene rings is 2. The van der Waals surface area contributed by atoms with Gasteiger partial charge < -0.3 is 40.7 Å². The van der Waals surface area contributed by atoms with Crippen LogP contribution in [-0.4, -0.2) is 138 Å². The first kappa shape index (κ1) is 54.4. The van der Waals surface area contributed by atoms with Crippen LogP contribution in [-0.2, 0) is 37.8 Å². The maximum absolute atomic E-state index is 14.1. The SMILES string of the molecule is C=CCn1c(=O)c2cnc(Nc3ccc(N4CCN(CCOCCCCC(=O)N[C@H](C(=O)N5C[C@H](O)C[C@H]5C(=O)NCc5ccc(-c6scnc6C)cc5)C(C)(C)C)CC4)cc3)nc2n1-c1cccc(C(C)(C)O)n1. The van der Waals surface area contributed by atoms with Gasteiger partial charge in [0.15, 0.2) is 11.5 Å². The lowest BCUT2D eigenvalue weighted by atomic mass is 9.85. The van der Waals surface area contributed by atoms with Gasteiger partial charge in [0, 0.05) is 82.8 Å². The number of nitrogens with zero attached hydrogens (tertiary/aromatic N) is 9. The van der Waals surface area contributed by atoms with Crippen molar-refractivity contribution in [2.45, 2.75) is 104 Å². The van der Waals surface area contributed by atoms with E-state index in [4.69, 9.17) is 9.72 Å². The summed E-state index contributed by atoms with van der Waals surface area (Å²) in [5.74, 6) is -0.229. The molecule has 2 aromatic carbocycles. The predicted octanol–water partition coefficient (Wildman–Crippen LogP) is 5.68. The number of hydrogen-bond acceptors (Lipinski definition) is 15. The number of aryl methyl sites for hydroxylation is 1. The van der Waals surface area contributed by atoms with Gasteiger partial charge in [0.2, 0.25) is 23.7 Å². The second-order valence-electron chi connectivity index (χ2n) is 20.9. The third kappa shape index (κ3) is 13.3. The Morgan fingerprint density at radius 3 is 2.37 bits per heavy atom. The van der Waals surface area contributed by atoms with Crippen molar-refractivity contribution in [3.63, 3.8) is 0 Å². The average molecular weight is 1040 g/mol. The maximum Gasteiger partial charge on any atom is 0.278 e. The fourth-order valence-corrected chi connectivity index (χ4v) is 10.2. The van der Waals surface area contributed by atoms with E-state index in [-0.39, 0.29) is 55.8 Å². The minimum Gasteiger partial charge on any atom is -0.391 e. The van der Waals surface area contributed by atoms with Gasteiger partial charge in [-0.2, -0.15) is 4.98 Å². The number of aliphatic hydroxyl groups excluding tert-OH is 1. The average Bonchev–Trinajstić information content (AvgIpc) is 4.08. The van der Waals surface area contributed by atoms with Crippen molar-refractivity contribution in [2.75, 3.05) is 62.7 Å². The van der Waals surface area contributed by atoms with Gasteiger partial charge in [-0.3, -0.25) is 24.1 Å². The van der Waals surface area contributed by atoms with Gasteiger partial charge in [-0.1, -0.05) is 57.2 Å². The summed E-state index contributed by atoms with van der Waals surface area (Å²) in [6.45, 7) is 20.6. The van der Waals surface area contributed by atoms with Crippen LogP contribution in [0.5, 0.6) is 0 Å². The first-order valence-electron chi connectivity index (χ1n) is 25.6. The van der Waals surface area contributed by atoms with Crippen LogP contribution in [0.25, 0.3) is 27.3 Å². The van der Waals surface area contributed by atoms with Gasteiger partial charge in [-0.25, -0.2) is 24.3 Å². The Hall–Kier alpha value is -6.84. The Kier molecular flexibility index (Phi) is 17.3. The number of amides is 3. The second-order valence-corrected chi connectivity index (χ2v) is 21.7. The molecular weight excluding hydrogens is 973 g/mol. The molecule has 5 N–H and O–H groups in total. The Balaban J connectivity index is 0.741. The maximum atomic E-state index is 14.1. The van der Waals surface area contributed by atoms with Gasteiger partial charge in [-0.05, 0) is 86.6 Å². The minimum absolute atomic E-state index is 0.0153. The number of thiazole rings is 1. The second kappa shape index (κ2) is 23.8. The number of aliphatic hydroxyl groups is 2. The molecule has 0 bridgehead atoms. The third-order valence-electron chi connectivity index (χ3n) is 13.6. The fourth-order valence-electron chi connectivity index (χ4n) is 9.40. The van der Waals surface area contributed by atoms with E-state index in [0.29, 0.717) is 54.5 Å². The number of ether oxygens (including phenoxy) is 1. The number of nitrogens with one attached hydrogen (secondary N) is 3. The molecular formula is C55H70N12O7S. The first-order valence-corrected chi connectivity index (χ1v) is 26.5. The number of hydrogen-bond donors (Lipinski definition) is 5. The molecule has 2 aliphatic heterocycles. The van der Waals surface area contributed by atoms with Crippen LogP contribution in [0.4, 0.5) is 17.3 Å². The summed E-state index contributed by atoms with van der Waals surface area (Å²) in [6, 6.07) is 19.5. The molecule has 2 aliphatic rings. The van der Waals surface area contributed by atoms with Crippen LogP contribution in [0.3, 0.4) is 0 Å². The van der Waals surface area contributed by atoms with E-state index >= 15 is 0 Å². The van der Waals surface area contributed by atoms with Crippen molar-refractivity contribution in [3.05, 3.63) is 118 Å². The van der Waals surface area contributed by atoms with Crippen LogP contribution in [0.15, 0.2) is 95.9 Å². The number of likely N-dealkylation sites (tertiary alicyclic amines) is 1. The summed E-state index contributed by atoms with van der Waals surface area (Å²) in [7, 11) is 0. The molecule has 398 valence electrons. The van der Waals surface area contributed by atoms with Crippen molar-refractivity contribution < 1.29 is 29.3 Å². The summed E-state index contributed by atoms with van der Waals surface area (Å²) < 4.78 is 9.10. The van der Waals surface area contributed by atoms with Crippen molar-refractivity contribution in [1.82, 2.24) is 49.7 Å². The number of β-amino-alcohol motifs (C(OH)–C–C–N with tert-alkyl or cyclic N) is 1. The van der Waals surface area contributed by atoms with E-state index in [1.165, 1.54) is 15.8 Å². The number of rotatable bonds is 21. The summed E-state index contributed by atoms with van der Waals surface area (Å²) in [5.41, 5.74) is 5.35. The van der Waals surface area contributed by atoms with E-state index in [2.05, 4.69) is 59.4 Å². The topological polar surface area (TPSA) is 225 Å². The van der Waals surface area contributed by atoms with E-state index in [0.717, 1.165) is 65.8 Å². The number of allylic oxidation sites excluding steroid dienone is 1. The summed E-state index contributed by atoms with van der Waals surface area (Å²) >= 11 is 1.58. The number of pyridine rings is 1. The molecule has 0 unspecified atom stereocenters. The Bertz CT molecular complexity index is 3010. The highest BCUT2D eigenvalue weighted by molar-refractivity contribution is 7.13. The lowest BCUT2D eigenvalue weighted by molar-refractivity contribution is -0.144. The zero-order valence-electron chi connectivity index (χ0n) is 43.8. The number of fused-ring (bicyclic) bond motifs is 1. The molecule has 2 saturated heterocycles. The van der Waals surface area contributed by atoms with Crippen LogP contribution >= 0.6 is 11.3 Å². The number of aromatic nitrogens is 6. The van der Waals surface area contributed by atoms with Crippen molar-refractivity contribution in [2.24, 2.45) is 5.41 Å². The van der Waals surface area contributed by atoms with Gasteiger partial charge >= 0.3 is 0 Å². The van der Waals surface area contributed by atoms with Crippen LogP contribution in [0.1, 0.15) is 77.3 Å². The molecule has 0 aliphatic carbocycles. The van der Waals surface area contributed by atoms with Crippen molar-refractivity contribution in [1.29, 1.82) is 0 Å². The van der Waals surface area contributed by atoms with E-state index < -0.39 is 29.2 Å². The summed E-state index contributed by atoms with van der Waals surface area (Å²) in [6.07, 6.45) is 3.92. The molecule has 19 nitrogen and oxygen atoms in total. The number of piperazine rings is 1. The molecule has 6 heterocycles. The normalized spacial score (nSPS) is 16.8. The predicted molar refractivity (Wildman–Crippen MR) is 291 cm³/mol. The molecule has 0 spiro atoms. The summed E-state index contributed by atoms with van der Waals surface area (Å²) in [5, 5.41) is 30.8. The number of unbranched alkanes of at least 4 members (excludes halogenated alkanes) is 1. The lowest BCUT2D eigenvalue weighted by Crippen LogP contribution is -2.57. The molecule has 8 rings (SSSR count). The zero-order valence-corrected chi connectivity index (χ0v) is 44.6. The zero-order chi connectivity index (χ0) is 53.4. The van der Waals surface area contributed by atoms with Crippen LogP contribution in [0, 0.1) is 12.3 Å². The molecule has 3 atom stereocenters. The van der Waals surface area contributed by atoms with E-state index in [9.17, 15) is 29.4 Å². The van der Waals surface area contributed by atoms with Crippen LogP contribution in [0.2, 0.25) is 0 Å². The van der Waals surface area contributed by atoms with E-state index in [1.54, 1.807) is 54.1 Å². The number of carbonyl (C=O) groups is 3. The smallest absolute Gasteiger partial charge is 0.278 e. The largest absolute Gasteiger partial charge is 0.391 e. The quantitative estimate of drug-likeness (QED) is 0.0432. The number of carbonyl (C=O) groups excluding carboxylic acids is 3. The first-order chi connectivity index (χ1) is 35.9. The van der Waals surface area contributed by atoms with Crippen LogP contribution < -0.4 is 26.4 Å². The standard InChI is InChI=1S/C55H70N12O7S/c1-8-23-66-51(71)42-33-57-53(62-49(42)67(66)45-13-11-12-44(60-45)55(6,7)73)59-39-19-21-40(22-20-39)64-26-24-63(25-27-64)28-30-74-29-10-9-14-46(69)61-48(54(3,4)5)52(72)65-34-41(68)31-43(65)50(70)56-32-37-15-17-38(18-16-37)47-36(2)58-35-75-47/h8,11-13,15-22,33,35,41,43,48,68,73H,1,9-10,14,23-32,34H2,2-7H3,(H,56,70)(H,61,69)(H,57,59,62)/t41-,43+,48-/m1/s1. The lowest BCUT2D eigenvalue weighted by Gasteiger charge is -2.36. The molecule has 3 amide bonds. The van der Waals surface area contributed by atoms with Crippen molar-refractivity contribution in [3.8, 4) is 16.3 Å². The molecule has 75 heavy (non-hydrogen) atoms. The molecule has 20 heteroatoms. The minimum atomic E-state index is -1.19. The monoisotopic (exact) mass is 1040 g/mol. The highest BCUT2D eigenvalue weighted by Gasteiger charge is 2.44.